The van der Waals surface area contributed by atoms with Crippen molar-refractivity contribution >= 4 is 28.5 Å². The van der Waals surface area contributed by atoms with Gasteiger partial charge in [0, 0.05) is 29.1 Å². The Morgan fingerprint density at radius 2 is 1.86 bits per heavy atom. The standard InChI is InChI=1S/C28H22ClF2NO3/c29-25-19(15-3-1-4-18(30)11-15)5-2-6-21(25)24-13-17-12-22-20(26(31)27(17)35-24)7-8-23(22)32-10-9-16(14-32)28(33)34/h1-6,11-13,16,23H,7-10,14H2,(H,33,34). The molecule has 7 heteroatoms. The van der Waals surface area contributed by atoms with Crippen LogP contribution in [0, 0.1) is 17.6 Å². The van der Waals surface area contributed by atoms with Crippen LogP contribution in [0.5, 0.6) is 0 Å². The number of furan rings is 1. The smallest absolute Gasteiger partial charge is 0.307 e. The molecule has 0 saturated carbocycles. The summed E-state index contributed by atoms with van der Waals surface area (Å²) in [5.41, 5.74) is 3.65. The first kappa shape index (κ1) is 22.3. The predicted octanol–water partition coefficient (Wildman–Crippen LogP) is 7.09. The zero-order valence-electron chi connectivity index (χ0n) is 18.7. The summed E-state index contributed by atoms with van der Waals surface area (Å²) in [6.45, 7) is 1.18. The largest absolute Gasteiger partial charge is 0.481 e. The van der Waals surface area contributed by atoms with Crippen LogP contribution < -0.4 is 0 Å². The van der Waals surface area contributed by atoms with Gasteiger partial charge in [0.15, 0.2) is 11.4 Å². The van der Waals surface area contributed by atoms with Gasteiger partial charge >= 0.3 is 5.97 Å². The lowest BCUT2D eigenvalue weighted by Crippen LogP contribution is -2.26. The van der Waals surface area contributed by atoms with Crippen molar-refractivity contribution in [2.45, 2.75) is 25.3 Å². The average molecular weight is 494 g/mol. The van der Waals surface area contributed by atoms with E-state index in [9.17, 15) is 14.3 Å². The molecule has 178 valence electrons. The molecule has 1 aliphatic carbocycles. The minimum Gasteiger partial charge on any atom is -0.481 e. The highest BCUT2D eigenvalue weighted by Crippen LogP contribution is 2.44. The molecule has 1 fully saturated rings. The molecule has 2 heterocycles. The highest BCUT2D eigenvalue weighted by atomic mass is 35.5. The van der Waals surface area contributed by atoms with E-state index in [4.69, 9.17) is 16.0 Å². The monoisotopic (exact) mass is 493 g/mol. The van der Waals surface area contributed by atoms with Crippen molar-refractivity contribution in [2.24, 2.45) is 5.92 Å². The van der Waals surface area contributed by atoms with Crippen LogP contribution in [-0.4, -0.2) is 29.1 Å². The molecule has 1 N–H and O–H groups in total. The van der Waals surface area contributed by atoms with E-state index in [1.165, 1.54) is 12.1 Å². The molecule has 0 radical (unpaired) electrons. The van der Waals surface area contributed by atoms with Crippen LogP contribution in [0.25, 0.3) is 33.4 Å². The number of hydrogen-bond acceptors (Lipinski definition) is 3. The summed E-state index contributed by atoms with van der Waals surface area (Å²) in [6, 6.07) is 15.4. The Kier molecular flexibility index (Phi) is 5.38. The van der Waals surface area contributed by atoms with Crippen molar-refractivity contribution in [3.8, 4) is 22.5 Å². The third-order valence-electron chi connectivity index (χ3n) is 7.32. The van der Waals surface area contributed by atoms with Crippen molar-refractivity contribution in [3.63, 3.8) is 0 Å². The second-order valence-electron chi connectivity index (χ2n) is 9.34. The second kappa shape index (κ2) is 8.47. The average Bonchev–Trinajstić information content (AvgIpc) is 3.57. The Morgan fingerprint density at radius 1 is 1.06 bits per heavy atom. The minimum absolute atomic E-state index is 0.00601. The number of benzene rings is 3. The van der Waals surface area contributed by atoms with Gasteiger partial charge in [0.1, 0.15) is 11.6 Å². The van der Waals surface area contributed by atoms with Crippen LogP contribution in [0.1, 0.15) is 30.0 Å². The fraction of sp³-hybridized carbons (Fsp3) is 0.250. The molecule has 1 saturated heterocycles. The molecule has 1 aromatic heterocycles. The molecule has 0 amide bonds. The van der Waals surface area contributed by atoms with Gasteiger partial charge in [0.05, 0.1) is 10.9 Å². The van der Waals surface area contributed by atoms with E-state index in [2.05, 4.69) is 4.90 Å². The van der Waals surface area contributed by atoms with Crippen molar-refractivity contribution in [1.82, 2.24) is 4.90 Å². The Hall–Kier alpha value is -3.22. The maximum atomic E-state index is 15.6. The van der Waals surface area contributed by atoms with E-state index >= 15 is 4.39 Å². The normalized spacial score (nSPS) is 20.0. The molecule has 2 atom stereocenters. The summed E-state index contributed by atoms with van der Waals surface area (Å²) in [5, 5.41) is 10.4. The number of nitrogens with zero attached hydrogens (tertiary/aromatic N) is 1. The number of fused-ring (bicyclic) bond motifs is 2. The minimum atomic E-state index is -0.774. The summed E-state index contributed by atoms with van der Waals surface area (Å²) in [7, 11) is 0. The van der Waals surface area contributed by atoms with Gasteiger partial charge in [0.25, 0.3) is 0 Å². The van der Waals surface area contributed by atoms with Crippen LogP contribution in [0.3, 0.4) is 0 Å². The molecule has 4 nitrogen and oxygen atoms in total. The molecular formula is C28H22ClF2NO3. The van der Waals surface area contributed by atoms with E-state index in [1.807, 2.05) is 18.2 Å². The van der Waals surface area contributed by atoms with Crippen LogP contribution in [0.4, 0.5) is 8.78 Å². The van der Waals surface area contributed by atoms with Crippen molar-refractivity contribution < 1.29 is 23.1 Å². The Labute approximate surface area is 205 Å². The quantitative estimate of drug-likeness (QED) is 0.329. The van der Waals surface area contributed by atoms with Gasteiger partial charge in [-0.05, 0) is 72.8 Å². The molecule has 2 unspecified atom stereocenters. The lowest BCUT2D eigenvalue weighted by Gasteiger charge is -2.24. The first-order chi connectivity index (χ1) is 16.9. The summed E-state index contributed by atoms with van der Waals surface area (Å²) in [6.07, 6.45) is 1.96. The molecule has 0 bridgehead atoms. The number of likely N-dealkylation sites (tertiary alicyclic amines) is 1. The van der Waals surface area contributed by atoms with E-state index in [0.29, 0.717) is 64.4 Å². The molecule has 0 spiro atoms. The second-order valence-corrected chi connectivity index (χ2v) is 9.72. The van der Waals surface area contributed by atoms with E-state index in [0.717, 1.165) is 12.0 Å². The molecule has 2 aliphatic rings. The summed E-state index contributed by atoms with van der Waals surface area (Å²) in [5.74, 6) is -1.43. The predicted molar refractivity (Wildman–Crippen MR) is 130 cm³/mol. The summed E-state index contributed by atoms with van der Waals surface area (Å²) < 4.78 is 35.3. The van der Waals surface area contributed by atoms with Gasteiger partial charge in [-0.3, -0.25) is 9.69 Å². The zero-order valence-corrected chi connectivity index (χ0v) is 19.5. The van der Waals surface area contributed by atoms with Crippen molar-refractivity contribution in [1.29, 1.82) is 0 Å². The lowest BCUT2D eigenvalue weighted by molar-refractivity contribution is -0.141. The number of hydrogen-bond donors (Lipinski definition) is 1. The van der Waals surface area contributed by atoms with E-state index in [-0.39, 0.29) is 29.2 Å². The third kappa shape index (κ3) is 3.72. The van der Waals surface area contributed by atoms with Gasteiger partial charge in [-0.2, -0.15) is 0 Å². The van der Waals surface area contributed by atoms with Crippen LogP contribution in [-0.2, 0) is 11.2 Å². The summed E-state index contributed by atoms with van der Waals surface area (Å²) >= 11 is 6.72. The van der Waals surface area contributed by atoms with Crippen molar-refractivity contribution in [2.75, 3.05) is 13.1 Å². The number of aliphatic carboxylic acids is 1. The molecular weight excluding hydrogens is 472 g/mol. The van der Waals surface area contributed by atoms with Gasteiger partial charge in [-0.1, -0.05) is 35.9 Å². The summed E-state index contributed by atoms with van der Waals surface area (Å²) in [4.78, 5) is 13.6. The molecule has 3 aromatic carbocycles. The van der Waals surface area contributed by atoms with Gasteiger partial charge in [-0.15, -0.1) is 0 Å². The fourth-order valence-corrected chi connectivity index (χ4v) is 5.90. The first-order valence-electron chi connectivity index (χ1n) is 11.7. The number of halogens is 3. The Bertz CT molecular complexity index is 1480. The van der Waals surface area contributed by atoms with Gasteiger partial charge in [-0.25, -0.2) is 8.78 Å². The highest BCUT2D eigenvalue weighted by Gasteiger charge is 2.37. The van der Waals surface area contributed by atoms with Crippen LogP contribution >= 0.6 is 11.6 Å². The topological polar surface area (TPSA) is 53.7 Å². The van der Waals surface area contributed by atoms with Gasteiger partial charge < -0.3 is 9.52 Å². The SMILES string of the molecule is O=C(O)C1CCN(C2CCc3c2cc2cc(-c4cccc(-c5cccc(F)c5)c4Cl)oc2c3F)C1. The van der Waals surface area contributed by atoms with Gasteiger partial charge in [0.2, 0.25) is 0 Å². The number of carbonyl (C=O) groups is 1. The van der Waals surface area contributed by atoms with E-state index in [1.54, 1.807) is 24.3 Å². The highest BCUT2D eigenvalue weighted by molar-refractivity contribution is 6.36. The Morgan fingerprint density at radius 3 is 2.63 bits per heavy atom. The maximum absolute atomic E-state index is 15.6. The maximum Gasteiger partial charge on any atom is 0.307 e. The molecule has 6 rings (SSSR count). The molecule has 35 heavy (non-hydrogen) atoms. The zero-order chi connectivity index (χ0) is 24.3. The third-order valence-corrected chi connectivity index (χ3v) is 7.73. The Balaban J connectivity index is 1.39. The number of carboxylic acid groups (broad SMARTS) is 1. The lowest BCUT2D eigenvalue weighted by atomic mass is 10.0. The van der Waals surface area contributed by atoms with Crippen molar-refractivity contribution in [3.05, 3.63) is 82.4 Å². The number of rotatable bonds is 4. The molecule has 1 aliphatic heterocycles. The first-order valence-corrected chi connectivity index (χ1v) is 12.0. The number of carboxylic acids is 1. The molecule has 4 aromatic rings. The van der Waals surface area contributed by atoms with Crippen LogP contribution in [0.2, 0.25) is 5.02 Å². The van der Waals surface area contributed by atoms with Crippen LogP contribution in [0.15, 0.2) is 59.0 Å². The fourth-order valence-electron chi connectivity index (χ4n) is 5.58. The van der Waals surface area contributed by atoms with E-state index < -0.39 is 5.97 Å².